The number of aromatic nitrogens is 1. The smallest absolute Gasteiger partial charge is 0.343 e. The van der Waals surface area contributed by atoms with Crippen LogP contribution in [0, 0.1) is 11.6 Å². The second kappa shape index (κ2) is 8.21. The first-order chi connectivity index (χ1) is 13.5. The molecule has 3 aromatic rings. The molecule has 0 saturated carbocycles. The van der Waals surface area contributed by atoms with Crippen LogP contribution < -0.4 is 10.7 Å². The molecule has 1 aromatic heterocycles. The third-order valence-corrected chi connectivity index (χ3v) is 4.41. The molecule has 3 rings (SSSR count). The van der Waals surface area contributed by atoms with Gasteiger partial charge in [0.25, 0.3) is 0 Å². The molecule has 2 aromatic carbocycles. The largest absolute Gasteiger partial charge is 0.462 e. The number of rotatable bonds is 6. The number of carbonyl (C=O) groups excluding carboxylic acids is 1. The normalized spacial score (nSPS) is 10.9. The van der Waals surface area contributed by atoms with E-state index in [1.807, 2.05) is 30.3 Å². The zero-order chi connectivity index (χ0) is 20.3. The summed E-state index contributed by atoms with van der Waals surface area (Å²) < 4.78 is 35.3. The van der Waals surface area contributed by atoms with E-state index >= 15 is 0 Å². The summed E-state index contributed by atoms with van der Waals surface area (Å²) in [5.41, 5.74) is -0.151. The molecule has 5 nitrogen and oxygen atoms in total. The van der Waals surface area contributed by atoms with Gasteiger partial charge in [-0.15, -0.1) is 0 Å². The zero-order valence-corrected chi connectivity index (χ0v) is 15.6. The predicted molar refractivity (Wildman–Crippen MR) is 104 cm³/mol. The summed E-state index contributed by atoms with van der Waals surface area (Å²) in [7, 11) is 0. The summed E-state index contributed by atoms with van der Waals surface area (Å²) in [5, 5.41) is 2.74. The quantitative estimate of drug-likeness (QED) is 0.649. The minimum absolute atomic E-state index is 0.0813. The van der Waals surface area contributed by atoms with Crippen LogP contribution >= 0.6 is 0 Å². The van der Waals surface area contributed by atoms with Gasteiger partial charge in [0.15, 0.2) is 11.6 Å². The molecule has 0 unspecified atom stereocenters. The van der Waals surface area contributed by atoms with Crippen LogP contribution in [0.15, 0.2) is 47.4 Å². The number of carbonyl (C=O) groups is 1. The summed E-state index contributed by atoms with van der Waals surface area (Å²) in [4.78, 5) is 25.2. The van der Waals surface area contributed by atoms with Gasteiger partial charge in [-0.05, 0) is 19.4 Å². The average Bonchev–Trinajstić information content (AvgIpc) is 2.70. The van der Waals surface area contributed by atoms with Crippen molar-refractivity contribution in [3.05, 3.63) is 75.6 Å². The summed E-state index contributed by atoms with van der Waals surface area (Å²) >= 11 is 0. The third kappa shape index (κ3) is 3.60. The number of ether oxygens (including phenoxy) is 1. The van der Waals surface area contributed by atoms with Gasteiger partial charge in [0.05, 0.1) is 23.2 Å². The van der Waals surface area contributed by atoms with Gasteiger partial charge < -0.3 is 14.6 Å². The number of fused-ring (bicyclic) bond motifs is 1. The summed E-state index contributed by atoms with van der Waals surface area (Å²) in [6.07, 6.45) is 1.32. The highest BCUT2D eigenvalue weighted by Gasteiger charge is 2.22. The second-order valence-electron chi connectivity index (χ2n) is 6.16. The summed E-state index contributed by atoms with van der Waals surface area (Å²) in [5.74, 6) is -3.03. The average molecular weight is 386 g/mol. The van der Waals surface area contributed by atoms with Crippen molar-refractivity contribution < 1.29 is 18.3 Å². The van der Waals surface area contributed by atoms with E-state index in [-0.39, 0.29) is 35.3 Å². The molecule has 0 bridgehead atoms. The van der Waals surface area contributed by atoms with E-state index in [4.69, 9.17) is 4.74 Å². The molecular formula is C21H20F2N2O3. The Labute approximate surface area is 160 Å². The maximum atomic E-state index is 14.6. The Morgan fingerprint density at radius 3 is 2.54 bits per heavy atom. The zero-order valence-electron chi connectivity index (χ0n) is 15.6. The number of halogens is 2. The Hall–Kier alpha value is -3.22. The standard InChI is InChI=1S/C21H20F2N2O3/c1-3-25-12-14(21(27)28-4-2)20(26)17-16(25)10-15(22)18(23)19(17)24-11-13-8-6-5-7-9-13/h5-10,12,24H,3-4,11H2,1-2H3. The van der Waals surface area contributed by atoms with E-state index in [9.17, 15) is 18.4 Å². The van der Waals surface area contributed by atoms with E-state index in [1.54, 1.807) is 13.8 Å². The molecule has 0 radical (unpaired) electrons. The first-order valence-electron chi connectivity index (χ1n) is 8.98. The SMILES string of the molecule is CCOC(=O)c1cn(CC)c2cc(F)c(F)c(NCc3ccccc3)c2c1=O. The Morgan fingerprint density at radius 2 is 1.89 bits per heavy atom. The second-order valence-corrected chi connectivity index (χ2v) is 6.16. The van der Waals surface area contributed by atoms with Gasteiger partial charge in [0, 0.05) is 25.4 Å². The van der Waals surface area contributed by atoms with E-state index in [0.29, 0.717) is 6.54 Å². The lowest BCUT2D eigenvalue weighted by atomic mass is 10.1. The molecule has 28 heavy (non-hydrogen) atoms. The topological polar surface area (TPSA) is 60.3 Å². The van der Waals surface area contributed by atoms with Crippen molar-refractivity contribution in [3.63, 3.8) is 0 Å². The van der Waals surface area contributed by atoms with E-state index in [0.717, 1.165) is 11.6 Å². The van der Waals surface area contributed by atoms with Crippen LogP contribution in [0.4, 0.5) is 14.5 Å². The Balaban J connectivity index is 2.23. The summed E-state index contributed by atoms with van der Waals surface area (Å²) in [6, 6.07) is 10.1. The minimum Gasteiger partial charge on any atom is -0.462 e. The number of aryl methyl sites for hydroxylation is 1. The number of nitrogens with zero attached hydrogens (tertiary/aromatic N) is 1. The molecule has 0 aliphatic carbocycles. The third-order valence-electron chi connectivity index (χ3n) is 4.41. The first kappa shape index (κ1) is 19.5. The Morgan fingerprint density at radius 1 is 1.18 bits per heavy atom. The van der Waals surface area contributed by atoms with Crippen LogP contribution in [0.1, 0.15) is 29.8 Å². The molecule has 1 N–H and O–H groups in total. The number of nitrogens with one attached hydrogen (secondary N) is 1. The molecule has 0 aliphatic heterocycles. The van der Waals surface area contributed by atoms with Gasteiger partial charge in [-0.25, -0.2) is 13.6 Å². The number of esters is 1. The Bertz CT molecular complexity index is 1080. The van der Waals surface area contributed by atoms with Crippen molar-refractivity contribution in [2.45, 2.75) is 26.9 Å². The van der Waals surface area contributed by atoms with Crippen LogP contribution in [0.25, 0.3) is 10.9 Å². The molecule has 1 heterocycles. The van der Waals surface area contributed by atoms with Crippen LogP contribution in [0.2, 0.25) is 0 Å². The number of pyridine rings is 1. The van der Waals surface area contributed by atoms with Gasteiger partial charge in [0.2, 0.25) is 5.43 Å². The van der Waals surface area contributed by atoms with Crippen molar-refractivity contribution in [2.24, 2.45) is 0 Å². The maximum Gasteiger partial charge on any atom is 0.343 e. The fourth-order valence-corrected chi connectivity index (χ4v) is 3.06. The number of anilines is 1. The molecule has 146 valence electrons. The lowest BCUT2D eigenvalue weighted by molar-refractivity contribution is 0.0524. The molecule has 7 heteroatoms. The van der Waals surface area contributed by atoms with Crippen LogP contribution in [0.5, 0.6) is 0 Å². The predicted octanol–water partition coefficient (Wildman–Crippen LogP) is 4.09. The van der Waals surface area contributed by atoms with Gasteiger partial charge >= 0.3 is 5.97 Å². The minimum atomic E-state index is -1.16. The highest BCUT2D eigenvalue weighted by Crippen LogP contribution is 2.28. The van der Waals surface area contributed by atoms with Crippen LogP contribution in [0.3, 0.4) is 0 Å². The lowest BCUT2D eigenvalue weighted by Gasteiger charge is -2.16. The number of benzene rings is 2. The van der Waals surface area contributed by atoms with Crippen molar-refractivity contribution in [3.8, 4) is 0 Å². The highest BCUT2D eigenvalue weighted by molar-refractivity contribution is 5.98. The molecule has 0 aliphatic rings. The van der Waals surface area contributed by atoms with E-state index < -0.39 is 23.0 Å². The van der Waals surface area contributed by atoms with Gasteiger partial charge in [0.1, 0.15) is 5.56 Å². The Kier molecular flexibility index (Phi) is 5.73. The molecule has 0 atom stereocenters. The number of hydrogen-bond donors (Lipinski definition) is 1. The number of hydrogen-bond acceptors (Lipinski definition) is 4. The fraction of sp³-hybridized carbons (Fsp3) is 0.238. The van der Waals surface area contributed by atoms with Gasteiger partial charge in [-0.1, -0.05) is 30.3 Å². The van der Waals surface area contributed by atoms with Crippen molar-refractivity contribution in [2.75, 3.05) is 11.9 Å². The fourth-order valence-electron chi connectivity index (χ4n) is 3.06. The first-order valence-corrected chi connectivity index (χ1v) is 8.98. The molecule has 0 fully saturated rings. The van der Waals surface area contributed by atoms with Crippen molar-refractivity contribution in [1.82, 2.24) is 4.57 Å². The van der Waals surface area contributed by atoms with Crippen LogP contribution in [-0.2, 0) is 17.8 Å². The summed E-state index contributed by atoms with van der Waals surface area (Å²) in [6.45, 7) is 4.04. The molecule has 0 amide bonds. The van der Waals surface area contributed by atoms with Crippen molar-refractivity contribution >= 4 is 22.6 Å². The van der Waals surface area contributed by atoms with E-state index in [1.165, 1.54) is 10.8 Å². The van der Waals surface area contributed by atoms with Crippen molar-refractivity contribution in [1.29, 1.82) is 0 Å². The molecule has 0 saturated heterocycles. The van der Waals surface area contributed by atoms with Gasteiger partial charge in [-0.2, -0.15) is 0 Å². The van der Waals surface area contributed by atoms with Gasteiger partial charge in [-0.3, -0.25) is 4.79 Å². The lowest BCUT2D eigenvalue weighted by Crippen LogP contribution is -2.22. The molecule has 0 spiro atoms. The van der Waals surface area contributed by atoms with Crippen LogP contribution in [-0.4, -0.2) is 17.1 Å². The highest BCUT2D eigenvalue weighted by atomic mass is 19.2. The maximum absolute atomic E-state index is 14.6. The molecular weight excluding hydrogens is 366 g/mol. The monoisotopic (exact) mass is 386 g/mol. The van der Waals surface area contributed by atoms with E-state index in [2.05, 4.69) is 5.32 Å².